The minimum absolute atomic E-state index is 0.142. The molecule has 0 spiro atoms. The quantitative estimate of drug-likeness (QED) is 0.846. The lowest BCUT2D eigenvalue weighted by molar-refractivity contribution is -0.148. The van der Waals surface area contributed by atoms with Crippen molar-refractivity contribution in [1.82, 2.24) is 0 Å². The third kappa shape index (κ3) is 3.05. The number of aliphatic carboxylic acids is 1. The van der Waals surface area contributed by atoms with Crippen molar-refractivity contribution in [2.24, 2.45) is 0 Å². The highest BCUT2D eigenvalue weighted by molar-refractivity contribution is 9.11. The van der Waals surface area contributed by atoms with Gasteiger partial charge < -0.3 is 9.84 Å². The zero-order chi connectivity index (χ0) is 12.3. The summed E-state index contributed by atoms with van der Waals surface area (Å²) in [7, 11) is 1.52. The van der Waals surface area contributed by atoms with E-state index in [0.717, 1.165) is 0 Å². The molecule has 0 fully saturated rings. The van der Waals surface area contributed by atoms with Gasteiger partial charge in [0.25, 0.3) is 0 Å². The maximum Gasteiger partial charge on any atom is 0.372 e. The molecule has 0 aliphatic rings. The summed E-state index contributed by atoms with van der Waals surface area (Å²) in [5.41, 5.74) is 0.604. The van der Waals surface area contributed by atoms with E-state index in [9.17, 15) is 9.59 Å². The summed E-state index contributed by atoms with van der Waals surface area (Å²) in [5, 5.41) is 8.49. The van der Waals surface area contributed by atoms with Gasteiger partial charge in [-0.25, -0.2) is 4.79 Å². The Balaban J connectivity index is 3.00. The molecular weight excluding hydrogens is 344 g/mol. The number of halogens is 2. The molecule has 0 bridgehead atoms. The van der Waals surface area contributed by atoms with E-state index < -0.39 is 11.8 Å². The molecule has 0 atom stereocenters. The summed E-state index contributed by atoms with van der Waals surface area (Å²) in [5.74, 6) is -1.67. The highest BCUT2D eigenvalue weighted by Crippen LogP contribution is 2.34. The van der Waals surface area contributed by atoms with Gasteiger partial charge in [0.2, 0.25) is 5.78 Å². The van der Waals surface area contributed by atoms with Crippen molar-refractivity contribution in [2.45, 2.75) is 6.42 Å². The summed E-state index contributed by atoms with van der Waals surface area (Å²) in [4.78, 5) is 21.4. The fourth-order valence-electron chi connectivity index (χ4n) is 1.17. The van der Waals surface area contributed by atoms with Gasteiger partial charge in [-0.05, 0) is 49.6 Å². The summed E-state index contributed by atoms with van der Waals surface area (Å²) in [6.45, 7) is 0. The van der Waals surface area contributed by atoms with E-state index in [1.807, 2.05) is 0 Å². The van der Waals surface area contributed by atoms with Crippen LogP contribution in [0.15, 0.2) is 21.1 Å². The normalized spacial score (nSPS) is 9.94. The Labute approximate surface area is 109 Å². The summed E-state index contributed by atoms with van der Waals surface area (Å²) >= 11 is 6.54. The first-order chi connectivity index (χ1) is 7.45. The SMILES string of the molecule is COc1c(Br)cc(CC(=O)C(=O)O)cc1Br. The van der Waals surface area contributed by atoms with Crippen LogP contribution in [0.1, 0.15) is 5.56 Å². The second-order valence-corrected chi connectivity index (χ2v) is 4.71. The van der Waals surface area contributed by atoms with Gasteiger partial charge in [-0.2, -0.15) is 0 Å². The molecule has 1 aromatic carbocycles. The Kier molecular flexibility index (Phi) is 4.49. The lowest BCUT2D eigenvalue weighted by Crippen LogP contribution is -2.15. The number of hydrogen-bond donors (Lipinski definition) is 1. The Bertz CT molecular complexity index is 419. The smallest absolute Gasteiger partial charge is 0.372 e. The van der Waals surface area contributed by atoms with Gasteiger partial charge in [0.1, 0.15) is 5.75 Å². The Morgan fingerprint density at radius 2 is 1.81 bits per heavy atom. The number of carboxylic acids is 1. The second kappa shape index (κ2) is 5.45. The van der Waals surface area contributed by atoms with Crippen LogP contribution < -0.4 is 4.74 Å². The van der Waals surface area contributed by atoms with Crippen molar-refractivity contribution < 1.29 is 19.4 Å². The van der Waals surface area contributed by atoms with Crippen molar-refractivity contribution in [1.29, 1.82) is 0 Å². The third-order valence-electron chi connectivity index (χ3n) is 1.87. The van der Waals surface area contributed by atoms with E-state index in [1.54, 1.807) is 12.1 Å². The molecule has 0 unspecified atom stereocenters. The number of benzene rings is 1. The van der Waals surface area contributed by atoms with Crippen molar-refractivity contribution in [3.63, 3.8) is 0 Å². The van der Waals surface area contributed by atoms with Crippen LogP contribution >= 0.6 is 31.9 Å². The number of ether oxygens (including phenoxy) is 1. The zero-order valence-electron chi connectivity index (χ0n) is 8.29. The maximum absolute atomic E-state index is 11.0. The van der Waals surface area contributed by atoms with Crippen LogP contribution in [0.4, 0.5) is 0 Å². The van der Waals surface area contributed by atoms with Crippen molar-refractivity contribution in [2.75, 3.05) is 7.11 Å². The first-order valence-corrected chi connectivity index (χ1v) is 5.82. The van der Waals surface area contributed by atoms with E-state index in [-0.39, 0.29) is 6.42 Å². The number of methoxy groups -OCH3 is 1. The van der Waals surface area contributed by atoms with Crippen LogP contribution in [0, 0.1) is 0 Å². The van der Waals surface area contributed by atoms with Gasteiger partial charge in [0.15, 0.2) is 0 Å². The lowest BCUT2D eigenvalue weighted by atomic mass is 10.1. The summed E-state index contributed by atoms with van der Waals surface area (Å²) in [6, 6.07) is 3.31. The zero-order valence-corrected chi connectivity index (χ0v) is 11.5. The largest absolute Gasteiger partial charge is 0.494 e. The molecule has 0 amide bonds. The van der Waals surface area contributed by atoms with Gasteiger partial charge in [-0.1, -0.05) is 0 Å². The Hall–Kier alpha value is -0.880. The lowest BCUT2D eigenvalue weighted by Gasteiger charge is -2.08. The molecular formula is C10H8Br2O4. The molecule has 0 radical (unpaired) electrons. The van der Waals surface area contributed by atoms with Gasteiger partial charge in [0, 0.05) is 6.42 Å². The molecule has 1 aromatic rings. The van der Waals surface area contributed by atoms with Gasteiger partial charge in [-0.3, -0.25) is 4.79 Å². The molecule has 1 rings (SSSR count). The van der Waals surface area contributed by atoms with Crippen LogP contribution in [0.5, 0.6) is 5.75 Å². The van der Waals surface area contributed by atoms with Crippen molar-refractivity contribution in [3.05, 3.63) is 26.6 Å². The highest BCUT2D eigenvalue weighted by atomic mass is 79.9. The topological polar surface area (TPSA) is 63.6 Å². The maximum atomic E-state index is 11.0. The fraction of sp³-hybridized carbons (Fsp3) is 0.200. The van der Waals surface area contributed by atoms with E-state index in [0.29, 0.717) is 20.3 Å². The standard InChI is InChI=1S/C10H8Br2O4/c1-16-9-6(11)2-5(3-7(9)12)4-8(13)10(14)15/h2-3H,4H2,1H3,(H,14,15). The number of carbonyl (C=O) groups is 2. The predicted molar refractivity (Wildman–Crippen MR) is 64.7 cm³/mol. The molecule has 0 saturated carbocycles. The van der Waals surface area contributed by atoms with Crippen LogP contribution in [0.3, 0.4) is 0 Å². The first-order valence-electron chi connectivity index (χ1n) is 4.23. The van der Waals surface area contributed by atoms with Crippen LogP contribution in [-0.4, -0.2) is 24.0 Å². The molecule has 16 heavy (non-hydrogen) atoms. The first kappa shape index (κ1) is 13.2. The minimum Gasteiger partial charge on any atom is -0.494 e. The minimum atomic E-state index is -1.43. The van der Waals surface area contributed by atoms with Gasteiger partial charge in [-0.15, -0.1) is 0 Å². The summed E-state index contributed by atoms with van der Waals surface area (Å²) < 4.78 is 6.42. The molecule has 0 aliphatic carbocycles. The molecule has 4 nitrogen and oxygen atoms in total. The van der Waals surface area contributed by atoms with E-state index in [2.05, 4.69) is 31.9 Å². The monoisotopic (exact) mass is 350 g/mol. The van der Waals surface area contributed by atoms with Crippen molar-refractivity contribution >= 4 is 43.6 Å². The molecule has 0 aromatic heterocycles. The Morgan fingerprint density at radius 3 is 2.19 bits per heavy atom. The Morgan fingerprint density at radius 1 is 1.31 bits per heavy atom. The van der Waals surface area contributed by atoms with E-state index in [1.165, 1.54) is 7.11 Å². The highest BCUT2D eigenvalue weighted by Gasteiger charge is 2.14. The average Bonchev–Trinajstić information content (AvgIpc) is 2.16. The summed E-state index contributed by atoms with van der Waals surface area (Å²) in [6.07, 6.45) is -0.142. The fourth-order valence-corrected chi connectivity index (χ4v) is 2.78. The predicted octanol–water partition coefficient (Wildman–Crippen LogP) is 2.42. The molecule has 1 N–H and O–H groups in total. The molecule has 0 heterocycles. The number of carboxylic acid groups (broad SMARTS) is 1. The molecule has 0 saturated heterocycles. The van der Waals surface area contributed by atoms with Crippen LogP contribution in [0.25, 0.3) is 0 Å². The number of rotatable bonds is 4. The van der Waals surface area contributed by atoms with E-state index in [4.69, 9.17) is 9.84 Å². The average molecular weight is 352 g/mol. The third-order valence-corrected chi connectivity index (χ3v) is 3.04. The number of Topliss-reactive ketones (excluding diaryl/α,β-unsaturated/α-hetero) is 1. The van der Waals surface area contributed by atoms with Gasteiger partial charge >= 0.3 is 5.97 Å². The molecule has 0 aliphatic heterocycles. The van der Waals surface area contributed by atoms with Crippen molar-refractivity contribution in [3.8, 4) is 5.75 Å². The number of hydrogen-bond acceptors (Lipinski definition) is 3. The van der Waals surface area contributed by atoms with Crippen LogP contribution in [-0.2, 0) is 16.0 Å². The second-order valence-electron chi connectivity index (χ2n) is 3.00. The van der Waals surface area contributed by atoms with Crippen LogP contribution in [0.2, 0.25) is 0 Å². The van der Waals surface area contributed by atoms with Gasteiger partial charge in [0.05, 0.1) is 16.1 Å². The van der Waals surface area contributed by atoms with E-state index >= 15 is 0 Å². The molecule has 6 heteroatoms. The number of carbonyl (C=O) groups excluding carboxylic acids is 1. The molecule has 86 valence electrons. The number of ketones is 1.